The van der Waals surface area contributed by atoms with Crippen molar-refractivity contribution >= 4 is 17.5 Å². The lowest BCUT2D eigenvalue weighted by Crippen LogP contribution is -2.49. The number of nitrogens with zero attached hydrogens (tertiary/aromatic N) is 4. The third-order valence-electron chi connectivity index (χ3n) is 5.15. The highest BCUT2D eigenvalue weighted by molar-refractivity contribution is 5.94. The first-order valence-corrected chi connectivity index (χ1v) is 9.68. The maximum absolute atomic E-state index is 13.3. The van der Waals surface area contributed by atoms with Crippen molar-refractivity contribution in [3.8, 4) is 0 Å². The Bertz CT molecular complexity index is 802. The van der Waals surface area contributed by atoms with Crippen molar-refractivity contribution in [3.05, 3.63) is 47.8 Å². The highest BCUT2D eigenvalue weighted by Crippen LogP contribution is 2.17. The topological polar surface area (TPSA) is 70.6 Å². The van der Waals surface area contributed by atoms with Gasteiger partial charge in [0.15, 0.2) is 5.82 Å². The Labute approximate surface area is 163 Å². The molecule has 1 aromatic heterocycles. The van der Waals surface area contributed by atoms with E-state index in [1.165, 1.54) is 12.1 Å². The van der Waals surface area contributed by atoms with E-state index in [9.17, 15) is 9.18 Å². The predicted octanol–water partition coefficient (Wildman–Crippen LogP) is 2.17. The number of rotatable bonds is 5. The first kappa shape index (κ1) is 18.6. The summed E-state index contributed by atoms with van der Waals surface area (Å²) in [7, 11) is 0. The van der Waals surface area contributed by atoms with Crippen LogP contribution in [0, 0.1) is 5.82 Å². The largest absolute Gasteiger partial charge is 0.376 e. The van der Waals surface area contributed by atoms with E-state index < -0.39 is 5.82 Å². The van der Waals surface area contributed by atoms with Crippen LogP contribution < -0.4 is 10.2 Å². The van der Waals surface area contributed by atoms with Crippen LogP contribution in [0.15, 0.2) is 36.4 Å². The summed E-state index contributed by atoms with van der Waals surface area (Å²) in [6.07, 6.45) is 2.45. The van der Waals surface area contributed by atoms with Crippen LogP contribution in [0.2, 0.25) is 0 Å². The molecule has 8 heteroatoms. The normalized spacial score (nSPS) is 19.7. The SMILES string of the molecule is O=C(c1cccc(F)c1)N1CCN(c2ccc(NCC3CCCO3)nn2)CC1. The highest BCUT2D eigenvalue weighted by Gasteiger charge is 2.23. The van der Waals surface area contributed by atoms with Crippen LogP contribution in [-0.2, 0) is 4.74 Å². The number of ether oxygens (including phenoxy) is 1. The molecule has 7 nitrogen and oxygen atoms in total. The molecule has 1 amide bonds. The zero-order chi connectivity index (χ0) is 19.3. The van der Waals surface area contributed by atoms with Crippen LogP contribution in [0.5, 0.6) is 0 Å². The number of anilines is 2. The monoisotopic (exact) mass is 385 g/mol. The quantitative estimate of drug-likeness (QED) is 0.851. The van der Waals surface area contributed by atoms with Crippen molar-refractivity contribution in [1.29, 1.82) is 0 Å². The van der Waals surface area contributed by atoms with Gasteiger partial charge in [-0.05, 0) is 43.2 Å². The Morgan fingerprint density at radius 3 is 2.71 bits per heavy atom. The fraction of sp³-hybridized carbons (Fsp3) is 0.450. The van der Waals surface area contributed by atoms with Crippen molar-refractivity contribution in [2.75, 3.05) is 49.5 Å². The summed E-state index contributed by atoms with van der Waals surface area (Å²) >= 11 is 0. The smallest absolute Gasteiger partial charge is 0.254 e. The molecule has 3 heterocycles. The predicted molar refractivity (Wildman–Crippen MR) is 104 cm³/mol. The van der Waals surface area contributed by atoms with Crippen molar-refractivity contribution in [2.45, 2.75) is 18.9 Å². The second-order valence-electron chi connectivity index (χ2n) is 7.08. The molecule has 0 aliphatic carbocycles. The van der Waals surface area contributed by atoms with E-state index in [-0.39, 0.29) is 12.0 Å². The minimum absolute atomic E-state index is 0.140. The first-order chi connectivity index (χ1) is 13.7. The molecule has 28 heavy (non-hydrogen) atoms. The summed E-state index contributed by atoms with van der Waals surface area (Å²) in [4.78, 5) is 16.4. The fourth-order valence-corrected chi connectivity index (χ4v) is 3.55. The molecule has 0 saturated carbocycles. The average molecular weight is 385 g/mol. The number of benzene rings is 1. The van der Waals surface area contributed by atoms with E-state index in [0.29, 0.717) is 31.7 Å². The van der Waals surface area contributed by atoms with Crippen molar-refractivity contribution < 1.29 is 13.9 Å². The second kappa shape index (κ2) is 8.52. The molecule has 1 atom stereocenters. The Morgan fingerprint density at radius 1 is 1.18 bits per heavy atom. The number of hydrogen-bond donors (Lipinski definition) is 1. The zero-order valence-electron chi connectivity index (χ0n) is 15.7. The van der Waals surface area contributed by atoms with Gasteiger partial charge in [-0.3, -0.25) is 4.79 Å². The van der Waals surface area contributed by atoms with Gasteiger partial charge in [0.2, 0.25) is 0 Å². The summed E-state index contributed by atoms with van der Waals surface area (Å²) in [6, 6.07) is 9.68. The summed E-state index contributed by atoms with van der Waals surface area (Å²) < 4.78 is 18.9. The lowest BCUT2D eigenvalue weighted by Gasteiger charge is -2.35. The Kier molecular flexibility index (Phi) is 5.66. The molecule has 0 bridgehead atoms. The number of aromatic nitrogens is 2. The molecule has 4 rings (SSSR count). The van der Waals surface area contributed by atoms with Gasteiger partial charge < -0.3 is 19.9 Å². The lowest BCUT2D eigenvalue weighted by atomic mass is 10.1. The lowest BCUT2D eigenvalue weighted by molar-refractivity contribution is 0.0746. The van der Waals surface area contributed by atoms with Gasteiger partial charge in [-0.25, -0.2) is 4.39 Å². The molecule has 1 aromatic carbocycles. The summed E-state index contributed by atoms with van der Waals surface area (Å²) in [6.45, 7) is 4.04. The van der Waals surface area contributed by atoms with E-state index >= 15 is 0 Å². The Balaban J connectivity index is 1.29. The second-order valence-corrected chi connectivity index (χ2v) is 7.08. The van der Waals surface area contributed by atoms with Crippen molar-refractivity contribution in [2.24, 2.45) is 0 Å². The molecule has 0 radical (unpaired) electrons. The number of carbonyl (C=O) groups excluding carboxylic acids is 1. The van der Waals surface area contributed by atoms with Gasteiger partial charge in [0.25, 0.3) is 5.91 Å². The summed E-state index contributed by atoms with van der Waals surface area (Å²) in [5, 5.41) is 11.8. The van der Waals surface area contributed by atoms with Crippen LogP contribution in [0.1, 0.15) is 23.2 Å². The maximum atomic E-state index is 13.3. The maximum Gasteiger partial charge on any atom is 0.254 e. The van der Waals surface area contributed by atoms with Crippen molar-refractivity contribution in [3.63, 3.8) is 0 Å². The van der Waals surface area contributed by atoms with Crippen molar-refractivity contribution in [1.82, 2.24) is 15.1 Å². The number of hydrogen-bond acceptors (Lipinski definition) is 6. The molecule has 1 N–H and O–H groups in total. The van der Waals surface area contributed by atoms with Gasteiger partial charge in [-0.2, -0.15) is 0 Å². The summed E-state index contributed by atoms with van der Waals surface area (Å²) in [5.41, 5.74) is 0.384. The molecule has 2 aliphatic rings. The number of carbonyl (C=O) groups is 1. The minimum atomic E-state index is -0.395. The van der Waals surface area contributed by atoms with E-state index in [1.807, 2.05) is 12.1 Å². The molecular formula is C20H24FN5O2. The van der Waals surface area contributed by atoms with E-state index in [0.717, 1.165) is 37.6 Å². The van der Waals surface area contributed by atoms with Gasteiger partial charge in [-0.1, -0.05) is 6.07 Å². The molecule has 0 spiro atoms. The molecule has 1 unspecified atom stereocenters. The molecule has 148 valence electrons. The molecular weight excluding hydrogens is 361 g/mol. The highest BCUT2D eigenvalue weighted by atomic mass is 19.1. The average Bonchev–Trinajstić information content (AvgIpc) is 3.26. The third kappa shape index (κ3) is 4.39. The zero-order valence-corrected chi connectivity index (χ0v) is 15.7. The molecule has 2 aliphatic heterocycles. The van der Waals surface area contributed by atoms with E-state index in [1.54, 1.807) is 17.0 Å². The van der Waals surface area contributed by atoms with Gasteiger partial charge in [-0.15, -0.1) is 10.2 Å². The number of nitrogens with one attached hydrogen (secondary N) is 1. The number of halogens is 1. The van der Waals surface area contributed by atoms with Gasteiger partial charge in [0.1, 0.15) is 11.6 Å². The van der Waals surface area contributed by atoms with E-state index in [4.69, 9.17) is 4.74 Å². The summed E-state index contributed by atoms with van der Waals surface area (Å²) in [5.74, 6) is 0.992. The molecule has 2 fully saturated rings. The van der Waals surface area contributed by atoms with Crippen LogP contribution in [0.3, 0.4) is 0 Å². The molecule has 2 saturated heterocycles. The van der Waals surface area contributed by atoms with Gasteiger partial charge in [0, 0.05) is 44.9 Å². The number of piperazine rings is 1. The van der Waals surface area contributed by atoms with Crippen LogP contribution >= 0.6 is 0 Å². The van der Waals surface area contributed by atoms with Gasteiger partial charge in [0.05, 0.1) is 6.10 Å². The Hall–Kier alpha value is -2.74. The fourth-order valence-electron chi connectivity index (χ4n) is 3.55. The van der Waals surface area contributed by atoms with Crippen LogP contribution in [0.25, 0.3) is 0 Å². The Morgan fingerprint density at radius 2 is 2.04 bits per heavy atom. The third-order valence-corrected chi connectivity index (χ3v) is 5.15. The number of amides is 1. The first-order valence-electron chi connectivity index (χ1n) is 9.68. The van der Waals surface area contributed by atoms with Crippen LogP contribution in [-0.4, -0.2) is 66.4 Å². The van der Waals surface area contributed by atoms with E-state index in [2.05, 4.69) is 20.4 Å². The minimum Gasteiger partial charge on any atom is -0.376 e. The standard InChI is InChI=1S/C20H24FN5O2/c21-16-4-1-3-15(13-16)20(27)26-10-8-25(9-11-26)19-7-6-18(23-24-19)22-14-17-5-2-12-28-17/h1,3-4,6-7,13,17H,2,5,8-12,14H2,(H,22,23). The van der Waals surface area contributed by atoms with Crippen LogP contribution in [0.4, 0.5) is 16.0 Å². The molecule has 2 aromatic rings. The van der Waals surface area contributed by atoms with Gasteiger partial charge >= 0.3 is 0 Å².